The van der Waals surface area contributed by atoms with E-state index in [1.807, 2.05) is 6.20 Å². The molecule has 0 atom stereocenters. The molecule has 1 aliphatic rings. The molecule has 0 saturated heterocycles. The lowest BCUT2D eigenvalue weighted by Gasteiger charge is -2.19. The van der Waals surface area contributed by atoms with Gasteiger partial charge in [-0.3, -0.25) is 0 Å². The Hall–Kier alpha value is -1.20. The Balaban J connectivity index is 1.59. The first-order valence-corrected chi connectivity index (χ1v) is 8.41. The number of hydrogen-bond donors (Lipinski definition) is 2. The van der Waals surface area contributed by atoms with Crippen LogP contribution in [-0.2, 0) is 0 Å². The molecule has 1 aromatic heterocycles. The Labute approximate surface area is 128 Å². The van der Waals surface area contributed by atoms with Crippen molar-refractivity contribution in [2.45, 2.75) is 44.6 Å². The molecule has 0 unspecified atom stereocenters. The number of hydrogen-bond acceptors (Lipinski definition) is 3. The molecule has 3 nitrogen and oxygen atoms in total. The number of nitrogens with one attached hydrogen (secondary N) is 2. The zero-order valence-corrected chi connectivity index (χ0v) is 13.0. The summed E-state index contributed by atoms with van der Waals surface area (Å²) in [5, 5.41) is 8.64. The van der Waals surface area contributed by atoms with Crippen molar-refractivity contribution in [3.63, 3.8) is 0 Å². The van der Waals surface area contributed by atoms with Gasteiger partial charge in [-0.15, -0.1) is 0 Å². The molecule has 5 heteroatoms. The van der Waals surface area contributed by atoms with Crippen LogP contribution in [0.15, 0.2) is 24.4 Å². The van der Waals surface area contributed by atoms with Crippen LogP contribution in [0.25, 0.3) is 10.1 Å². The highest BCUT2D eigenvalue weighted by Crippen LogP contribution is 2.22. The maximum atomic E-state index is 5.43. The highest BCUT2D eigenvalue weighted by molar-refractivity contribution is 7.80. The Kier molecular flexibility index (Phi) is 4.47. The van der Waals surface area contributed by atoms with E-state index in [1.165, 1.54) is 54.8 Å². The number of anilines is 1. The molecule has 106 valence electrons. The van der Waals surface area contributed by atoms with E-state index in [4.69, 9.17) is 12.2 Å². The van der Waals surface area contributed by atoms with Gasteiger partial charge < -0.3 is 10.6 Å². The Morgan fingerprint density at radius 2 is 2.00 bits per heavy atom. The van der Waals surface area contributed by atoms with Crippen LogP contribution in [0.2, 0.25) is 0 Å². The number of thiocarbonyl (C=S) groups is 1. The minimum absolute atomic E-state index is 0.532. The van der Waals surface area contributed by atoms with Gasteiger partial charge in [-0.05, 0) is 54.8 Å². The summed E-state index contributed by atoms with van der Waals surface area (Å²) in [6.07, 6.45) is 9.71. The van der Waals surface area contributed by atoms with E-state index >= 15 is 0 Å². The van der Waals surface area contributed by atoms with E-state index in [0.717, 1.165) is 16.2 Å². The topological polar surface area (TPSA) is 37.0 Å². The second-order valence-electron chi connectivity index (χ2n) is 5.37. The molecule has 20 heavy (non-hydrogen) atoms. The summed E-state index contributed by atoms with van der Waals surface area (Å²) >= 11 is 6.95. The summed E-state index contributed by atoms with van der Waals surface area (Å²) in [7, 11) is 0. The van der Waals surface area contributed by atoms with E-state index in [2.05, 4.69) is 33.2 Å². The largest absolute Gasteiger partial charge is 0.360 e. The third-order valence-electron chi connectivity index (χ3n) is 3.80. The fourth-order valence-corrected chi connectivity index (χ4v) is 3.64. The van der Waals surface area contributed by atoms with Crippen LogP contribution in [0.5, 0.6) is 0 Å². The molecule has 1 aromatic carbocycles. The second kappa shape index (κ2) is 6.50. The molecule has 2 N–H and O–H groups in total. The Morgan fingerprint density at radius 1 is 1.20 bits per heavy atom. The fourth-order valence-electron chi connectivity index (χ4n) is 2.73. The monoisotopic (exact) mass is 305 g/mol. The lowest BCUT2D eigenvalue weighted by Crippen LogP contribution is -2.37. The standard InChI is InChI=1S/C15H19N3S2/c19-15(17-12-5-3-1-2-4-6-12)18-13-7-8-14-11(9-13)10-16-20-14/h7-10,12H,1-6H2,(H2,17,18,19). The molecular formula is C15H19N3S2. The van der Waals surface area contributed by atoms with Crippen molar-refractivity contribution >= 4 is 44.6 Å². The number of rotatable bonds is 2. The van der Waals surface area contributed by atoms with Gasteiger partial charge >= 0.3 is 0 Å². The third kappa shape index (κ3) is 3.46. The van der Waals surface area contributed by atoms with Gasteiger partial charge in [-0.1, -0.05) is 25.7 Å². The van der Waals surface area contributed by atoms with E-state index in [9.17, 15) is 0 Å². The van der Waals surface area contributed by atoms with Gasteiger partial charge in [0, 0.05) is 23.3 Å². The molecule has 3 rings (SSSR count). The zero-order chi connectivity index (χ0) is 13.8. The van der Waals surface area contributed by atoms with Crippen LogP contribution >= 0.6 is 23.8 Å². The van der Waals surface area contributed by atoms with Crippen LogP contribution in [0, 0.1) is 0 Å². The minimum atomic E-state index is 0.532. The van der Waals surface area contributed by atoms with Gasteiger partial charge in [0.05, 0.1) is 4.70 Å². The number of benzene rings is 1. The molecule has 2 aromatic rings. The molecule has 0 aliphatic heterocycles. The Bertz CT molecular complexity index is 586. The van der Waals surface area contributed by atoms with E-state index in [1.54, 1.807) is 0 Å². The Morgan fingerprint density at radius 3 is 2.80 bits per heavy atom. The normalized spacial score (nSPS) is 16.8. The average Bonchev–Trinajstić information content (AvgIpc) is 2.75. The van der Waals surface area contributed by atoms with Crippen molar-refractivity contribution in [2.24, 2.45) is 0 Å². The van der Waals surface area contributed by atoms with E-state index < -0.39 is 0 Å². The van der Waals surface area contributed by atoms with Crippen molar-refractivity contribution in [1.29, 1.82) is 0 Å². The van der Waals surface area contributed by atoms with Gasteiger partial charge in [0.2, 0.25) is 0 Å². The molecule has 1 fully saturated rings. The molecule has 0 bridgehead atoms. The van der Waals surface area contributed by atoms with E-state index in [0.29, 0.717) is 6.04 Å². The van der Waals surface area contributed by atoms with Gasteiger partial charge in [0.25, 0.3) is 0 Å². The quantitative estimate of drug-likeness (QED) is 0.640. The molecule has 1 heterocycles. The summed E-state index contributed by atoms with van der Waals surface area (Å²) in [6, 6.07) is 6.77. The lowest BCUT2D eigenvalue weighted by molar-refractivity contribution is 0.535. The zero-order valence-electron chi connectivity index (χ0n) is 11.4. The molecule has 1 aliphatic carbocycles. The molecule has 0 amide bonds. The number of fused-ring (bicyclic) bond motifs is 1. The van der Waals surface area contributed by atoms with Crippen LogP contribution in [0.4, 0.5) is 5.69 Å². The molecule has 0 spiro atoms. The molecule has 0 radical (unpaired) electrons. The van der Waals surface area contributed by atoms with Crippen LogP contribution < -0.4 is 10.6 Å². The van der Waals surface area contributed by atoms with Crippen molar-refractivity contribution in [3.8, 4) is 0 Å². The lowest BCUT2D eigenvalue weighted by atomic mass is 10.1. The maximum Gasteiger partial charge on any atom is 0.170 e. The van der Waals surface area contributed by atoms with Crippen molar-refractivity contribution in [3.05, 3.63) is 24.4 Å². The fraction of sp³-hybridized carbons (Fsp3) is 0.467. The van der Waals surface area contributed by atoms with E-state index in [-0.39, 0.29) is 0 Å². The number of aromatic nitrogens is 1. The summed E-state index contributed by atoms with van der Waals surface area (Å²) in [5.74, 6) is 0. The third-order valence-corrected chi connectivity index (χ3v) is 4.80. The predicted octanol–water partition coefficient (Wildman–Crippen LogP) is 4.31. The molecular weight excluding hydrogens is 286 g/mol. The van der Waals surface area contributed by atoms with Crippen LogP contribution in [0.3, 0.4) is 0 Å². The minimum Gasteiger partial charge on any atom is -0.360 e. The first-order valence-electron chi connectivity index (χ1n) is 7.23. The van der Waals surface area contributed by atoms with Crippen molar-refractivity contribution < 1.29 is 0 Å². The summed E-state index contributed by atoms with van der Waals surface area (Å²) in [5.41, 5.74) is 1.03. The summed E-state index contributed by atoms with van der Waals surface area (Å²) < 4.78 is 5.40. The van der Waals surface area contributed by atoms with Gasteiger partial charge in [-0.25, -0.2) is 0 Å². The number of nitrogens with zero attached hydrogens (tertiary/aromatic N) is 1. The second-order valence-corrected chi connectivity index (χ2v) is 6.61. The SMILES string of the molecule is S=C(Nc1ccc2sncc2c1)NC1CCCCCC1. The van der Waals surface area contributed by atoms with Crippen molar-refractivity contribution in [2.75, 3.05) is 5.32 Å². The first-order chi connectivity index (χ1) is 9.81. The maximum absolute atomic E-state index is 5.43. The van der Waals surface area contributed by atoms with Crippen LogP contribution in [-0.4, -0.2) is 15.5 Å². The van der Waals surface area contributed by atoms with Crippen molar-refractivity contribution in [1.82, 2.24) is 9.69 Å². The smallest absolute Gasteiger partial charge is 0.170 e. The first kappa shape index (κ1) is 13.8. The highest BCUT2D eigenvalue weighted by Gasteiger charge is 2.13. The van der Waals surface area contributed by atoms with Crippen LogP contribution in [0.1, 0.15) is 38.5 Å². The predicted molar refractivity (Wildman–Crippen MR) is 90.5 cm³/mol. The highest BCUT2D eigenvalue weighted by atomic mass is 32.1. The summed E-state index contributed by atoms with van der Waals surface area (Å²) in [4.78, 5) is 0. The molecule has 1 saturated carbocycles. The van der Waals surface area contributed by atoms with Gasteiger partial charge in [-0.2, -0.15) is 4.37 Å². The summed E-state index contributed by atoms with van der Waals surface area (Å²) in [6.45, 7) is 0. The van der Waals surface area contributed by atoms with Gasteiger partial charge in [0.1, 0.15) is 0 Å². The van der Waals surface area contributed by atoms with Gasteiger partial charge in [0.15, 0.2) is 5.11 Å². The average molecular weight is 305 g/mol.